The van der Waals surface area contributed by atoms with Crippen LogP contribution in [0.3, 0.4) is 0 Å². The molecule has 0 spiro atoms. The molecule has 0 amide bonds. The molecule has 0 saturated heterocycles. The predicted molar refractivity (Wildman–Crippen MR) is 65.5 cm³/mol. The van der Waals surface area contributed by atoms with Gasteiger partial charge in [0.15, 0.2) is 0 Å². The molecule has 0 unspecified atom stereocenters. The van der Waals surface area contributed by atoms with E-state index in [2.05, 4.69) is 9.72 Å². The molecule has 0 fully saturated rings. The third-order valence-electron chi connectivity index (χ3n) is 2.10. The van der Waals surface area contributed by atoms with Gasteiger partial charge in [0, 0.05) is 10.1 Å². The predicted octanol–water partition coefficient (Wildman–Crippen LogP) is 1.80. The van der Waals surface area contributed by atoms with Crippen molar-refractivity contribution in [3.8, 4) is 0 Å². The number of rotatable bonds is 4. The van der Waals surface area contributed by atoms with Gasteiger partial charge in [-0.3, -0.25) is 9.78 Å². The van der Waals surface area contributed by atoms with Crippen LogP contribution in [0.2, 0.25) is 0 Å². The minimum Gasteiger partial charge on any atom is -0.469 e. The number of nitrogens with two attached hydrogens (primary N) is 1. The van der Waals surface area contributed by atoms with Gasteiger partial charge in [0.2, 0.25) is 0 Å². The Morgan fingerprint density at radius 1 is 1.65 bits per heavy atom. The second kappa shape index (κ2) is 6.20. The molecule has 1 heterocycles. The average Bonchev–Trinajstić information content (AvgIpc) is 2.31. The lowest BCUT2D eigenvalue weighted by molar-refractivity contribution is -0.139. The molecular formula is C10H11F2IN2O2. The van der Waals surface area contributed by atoms with Crippen molar-refractivity contribution in [1.82, 2.24) is 4.98 Å². The number of hydrogen-bond donors (Lipinski definition) is 1. The first-order chi connectivity index (χ1) is 7.99. The molecule has 0 aliphatic rings. The summed E-state index contributed by atoms with van der Waals surface area (Å²) < 4.78 is 30.3. The minimum atomic E-state index is -2.69. The summed E-state index contributed by atoms with van der Waals surface area (Å²) in [6, 6.07) is 1.26. The highest BCUT2D eigenvalue weighted by atomic mass is 127. The van der Waals surface area contributed by atoms with Gasteiger partial charge in [-0.2, -0.15) is 0 Å². The zero-order valence-electron chi connectivity index (χ0n) is 9.04. The van der Waals surface area contributed by atoms with E-state index in [-0.39, 0.29) is 24.4 Å². The number of methoxy groups -OCH3 is 1. The Balaban J connectivity index is 3.17. The van der Waals surface area contributed by atoms with Gasteiger partial charge in [-0.1, -0.05) is 0 Å². The standard InChI is InChI=1S/C10H11F2IN2O2/c1-17-8(16)3-6-9(13)5(4-14)2-7(15-6)10(11)12/h2,10H,3-4,14H2,1H3. The van der Waals surface area contributed by atoms with Gasteiger partial charge in [0.25, 0.3) is 6.43 Å². The number of ether oxygens (including phenoxy) is 1. The third kappa shape index (κ3) is 3.56. The van der Waals surface area contributed by atoms with Gasteiger partial charge in [0.1, 0.15) is 5.69 Å². The van der Waals surface area contributed by atoms with Crippen molar-refractivity contribution < 1.29 is 18.3 Å². The molecule has 0 aliphatic heterocycles. The van der Waals surface area contributed by atoms with Gasteiger partial charge >= 0.3 is 5.97 Å². The maximum atomic E-state index is 12.6. The number of carbonyl (C=O) groups is 1. The highest BCUT2D eigenvalue weighted by molar-refractivity contribution is 14.1. The van der Waals surface area contributed by atoms with E-state index in [1.807, 2.05) is 22.6 Å². The number of alkyl halides is 2. The van der Waals surface area contributed by atoms with E-state index in [0.717, 1.165) is 0 Å². The summed E-state index contributed by atoms with van der Waals surface area (Å²) in [6.07, 6.45) is -2.82. The number of aromatic nitrogens is 1. The van der Waals surface area contributed by atoms with Crippen LogP contribution >= 0.6 is 22.6 Å². The van der Waals surface area contributed by atoms with Crippen molar-refractivity contribution in [2.75, 3.05) is 7.11 Å². The van der Waals surface area contributed by atoms with E-state index in [4.69, 9.17) is 5.73 Å². The highest BCUT2D eigenvalue weighted by Crippen LogP contribution is 2.23. The molecule has 0 aromatic carbocycles. The molecule has 0 atom stereocenters. The van der Waals surface area contributed by atoms with E-state index >= 15 is 0 Å². The SMILES string of the molecule is COC(=O)Cc1nc(C(F)F)cc(CN)c1I. The van der Waals surface area contributed by atoms with E-state index < -0.39 is 12.4 Å². The first-order valence-corrected chi connectivity index (χ1v) is 5.80. The lowest BCUT2D eigenvalue weighted by Gasteiger charge is -2.10. The molecule has 0 bridgehead atoms. The van der Waals surface area contributed by atoms with Crippen LogP contribution in [0.5, 0.6) is 0 Å². The first-order valence-electron chi connectivity index (χ1n) is 4.72. The van der Waals surface area contributed by atoms with Gasteiger partial charge in [0.05, 0.1) is 19.2 Å². The van der Waals surface area contributed by atoms with E-state index in [1.54, 1.807) is 0 Å². The number of carbonyl (C=O) groups excluding carboxylic acids is 1. The summed E-state index contributed by atoms with van der Waals surface area (Å²) in [5, 5.41) is 0. The summed E-state index contributed by atoms with van der Waals surface area (Å²) in [4.78, 5) is 14.9. The van der Waals surface area contributed by atoms with Crippen LogP contribution in [0.15, 0.2) is 6.07 Å². The molecule has 4 nitrogen and oxygen atoms in total. The van der Waals surface area contributed by atoms with E-state index in [1.165, 1.54) is 13.2 Å². The van der Waals surface area contributed by atoms with Crippen LogP contribution in [-0.4, -0.2) is 18.1 Å². The van der Waals surface area contributed by atoms with Gasteiger partial charge in [-0.25, -0.2) is 8.78 Å². The van der Waals surface area contributed by atoms with Crippen LogP contribution < -0.4 is 5.73 Å². The largest absolute Gasteiger partial charge is 0.469 e. The zero-order chi connectivity index (χ0) is 13.0. The van der Waals surface area contributed by atoms with Crippen molar-refractivity contribution >= 4 is 28.6 Å². The summed E-state index contributed by atoms with van der Waals surface area (Å²) in [6.45, 7) is 0.120. The number of nitrogens with zero attached hydrogens (tertiary/aromatic N) is 1. The van der Waals surface area contributed by atoms with Crippen LogP contribution in [0.4, 0.5) is 8.78 Å². The molecule has 94 valence electrons. The summed E-state index contributed by atoms with van der Waals surface area (Å²) in [7, 11) is 1.23. The smallest absolute Gasteiger partial charge is 0.311 e. The summed E-state index contributed by atoms with van der Waals surface area (Å²) in [5.41, 5.74) is 5.91. The maximum Gasteiger partial charge on any atom is 0.311 e. The molecular weight excluding hydrogens is 345 g/mol. The molecule has 17 heavy (non-hydrogen) atoms. The summed E-state index contributed by atoms with van der Waals surface area (Å²) >= 11 is 1.94. The molecule has 0 saturated carbocycles. The number of hydrogen-bond acceptors (Lipinski definition) is 4. The summed E-state index contributed by atoms with van der Waals surface area (Å²) in [5.74, 6) is -0.523. The minimum absolute atomic E-state index is 0.120. The highest BCUT2D eigenvalue weighted by Gasteiger charge is 2.17. The Morgan fingerprint density at radius 3 is 2.76 bits per heavy atom. The van der Waals surface area contributed by atoms with Gasteiger partial charge in [-0.15, -0.1) is 0 Å². The van der Waals surface area contributed by atoms with Crippen molar-refractivity contribution in [2.24, 2.45) is 5.73 Å². The van der Waals surface area contributed by atoms with Crippen molar-refractivity contribution in [3.63, 3.8) is 0 Å². The van der Waals surface area contributed by atoms with E-state index in [9.17, 15) is 13.6 Å². The molecule has 1 aromatic rings. The van der Waals surface area contributed by atoms with Crippen LogP contribution in [0, 0.1) is 3.57 Å². The fourth-order valence-corrected chi connectivity index (χ4v) is 1.94. The molecule has 0 aliphatic carbocycles. The topological polar surface area (TPSA) is 65.2 Å². The molecule has 7 heteroatoms. The normalized spacial score (nSPS) is 10.7. The van der Waals surface area contributed by atoms with Crippen molar-refractivity contribution in [1.29, 1.82) is 0 Å². The Hall–Kier alpha value is -0.830. The van der Waals surface area contributed by atoms with Crippen LogP contribution in [0.25, 0.3) is 0 Å². The van der Waals surface area contributed by atoms with Gasteiger partial charge in [-0.05, 0) is 34.2 Å². The Morgan fingerprint density at radius 2 is 2.29 bits per heavy atom. The second-order valence-corrected chi connectivity index (χ2v) is 4.30. The van der Waals surface area contributed by atoms with Crippen molar-refractivity contribution in [3.05, 3.63) is 26.6 Å². The van der Waals surface area contributed by atoms with Crippen LogP contribution in [0.1, 0.15) is 23.4 Å². The Kier molecular flexibility index (Phi) is 5.19. The molecule has 2 N–H and O–H groups in total. The van der Waals surface area contributed by atoms with Crippen LogP contribution in [-0.2, 0) is 22.5 Å². The number of halogens is 3. The molecule has 1 rings (SSSR count). The molecule has 0 radical (unpaired) electrons. The van der Waals surface area contributed by atoms with Crippen molar-refractivity contribution in [2.45, 2.75) is 19.4 Å². The van der Waals surface area contributed by atoms with E-state index in [0.29, 0.717) is 9.13 Å². The third-order valence-corrected chi connectivity index (χ3v) is 3.42. The first kappa shape index (κ1) is 14.2. The number of esters is 1. The second-order valence-electron chi connectivity index (χ2n) is 3.22. The lowest BCUT2D eigenvalue weighted by Crippen LogP contribution is -2.12. The quantitative estimate of drug-likeness (QED) is 0.660. The maximum absolute atomic E-state index is 12.6. The zero-order valence-corrected chi connectivity index (χ0v) is 11.2. The fourth-order valence-electron chi connectivity index (χ4n) is 1.25. The Labute approximate surface area is 111 Å². The van der Waals surface area contributed by atoms with Gasteiger partial charge < -0.3 is 10.5 Å². The number of pyridine rings is 1. The Bertz CT molecular complexity index is 427. The molecule has 1 aromatic heterocycles. The monoisotopic (exact) mass is 356 g/mol. The fraction of sp³-hybridized carbons (Fsp3) is 0.400. The average molecular weight is 356 g/mol. The lowest BCUT2D eigenvalue weighted by atomic mass is 10.1.